The smallest absolute Gasteiger partial charge is 0.151 e. The minimum absolute atomic E-state index is 0.555. The Morgan fingerprint density at radius 1 is 1.64 bits per heavy atom. The van der Waals surface area contributed by atoms with E-state index in [1.54, 1.807) is 11.1 Å². The number of nitrogens with one attached hydrogen (secondary N) is 1. The number of anilines is 1. The molecule has 0 bridgehead atoms. The minimum Gasteiger partial charge on any atom is -0.382 e. The number of hydrogen-bond donors (Lipinski definition) is 2. The van der Waals surface area contributed by atoms with Gasteiger partial charge in [0.15, 0.2) is 5.82 Å². The summed E-state index contributed by atoms with van der Waals surface area (Å²) in [6, 6.07) is 1.90. The van der Waals surface area contributed by atoms with E-state index in [4.69, 9.17) is 5.73 Å². The van der Waals surface area contributed by atoms with Gasteiger partial charge in [0.2, 0.25) is 0 Å². The summed E-state index contributed by atoms with van der Waals surface area (Å²) in [6.07, 6.45) is 3.55. The third kappa shape index (κ3) is 0.674. The van der Waals surface area contributed by atoms with Gasteiger partial charge in [0, 0.05) is 13.2 Å². The van der Waals surface area contributed by atoms with E-state index in [1.165, 1.54) is 0 Å². The van der Waals surface area contributed by atoms with Crippen molar-refractivity contribution in [3.05, 3.63) is 18.6 Å². The average molecular weight is 151 g/mol. The SMILES string of the molecule is CNn1ccc2c(N)ncn21. The Morgan fingerprint density at radius 2 is 2.45 bits per heavy atom. The second-order valence-electron chi connectivity index (χ2n) is 2.24. The molecule has 0 fully saturated rings. The first kappa shape index (κ1) is 6.09. The average Bonchev–Trinajstić information content (AvgIpc) is 2.53. The van der Waals surface area contributed by atoms with Gasteiger partial charge in [0.05, 0.1) is 0 Å². The zero-order valence-electron chi connectivity index (χ0n) is 6.15. The van der Waals surface area contributed by atoms with Crippen LogP contribution in [0.4, 0.5) is 5.82 Å². The molecule has 0 spiro atoms. The summed E-state index contributed by atoms with van der Waals surface area (Å²) in [6.45, 7) is 0. The van der Waals surface area contributed by atoms with Gasteiger partial charge in [-0.15, -0.1) is 0 Å². The molecule has 2 heterocycles. The summed E-state index contributed by atoms with van der Waals surface area (Å²) < 4.78 is 1.83. The van der Waals surface area contributed by atoms with Crippen LogP contribution in [0.25, 0.3) is 5.52 Å². The number of fused-ring (bicyclic) bond motifs is 1. The molecule has 0 amide bonds. The number of imidazole rings is 1. The Kier molecular flexibility index (Phi) is 1.06. The predicted molar refractivity (Wildman–Crippen MR) is 42.9 cm³/mol. The molecule has 0 aliphatic heterocycles. The largest absolute Gasteiger partial charge is 0.382 e. The van der Waals surface area contributed by atoms with Gasteiger partial charge < -0.3 is 11.2 Å². The summed E-state index contributed by atoms with van der Waals surface area (Å²) >= 11 is 0. The van der Waals surface area contributed by atoms with E-state index in [2.05, 4.69) is 10.4 Å². The number of aromatic nitrogens is 3. The van der Waals surface area contributed by atoms with Gasteiger partial charge in [-0.2, -0.15) is 0 Å². The molecule has 0 saturated carbocycles. The Bertz CT molecular complexity index is 371. The third-order valence-electron chi connectivity index (χ3n) is 1.65. The lowest BCUT2D eigenvalue weighted by Crippen LogP contribution is -2.12. The van der Waals surface area contributed by atoms with Crippen molar-refractivity contribution in [1.29, 1.82) is 0 Å². The molecule has 58 valence electrons. The van der Waals surface area contributed by atoms with E-state index in [0.717, 1.165) is 5.52 Å². The monoisotopic (exact) mass is 151 g/mol. The second-order valence-corrected chi connectivity index (χ2v) is 2.24. The molecule has 0 saturated heterocycles. The highest BCUT2D eigenvalue weighted by atomic mass is 15.6. The fraction of sp³-hybridized carbons (Fsp3) is 0.167. The van der Waals surface area contributed by atoms with Crippen molar-refractivity contribution in [2.75, 3.05) is 18.2 Å². The van der Waals surface area contributed by atoms with Gasteiger partial charge in [0.25, 0.3) is 0 Å². The van der Waals surface area contributed by atoms with Crippen molar-refractivity contribution in [1.82, 2.24) is 14.3 Å². The van der Waals surface area contributed by atoms with Crippen LogP contribution < -0.4 is 11.2 Å². The predicted octanol–water partition coefficient (Wildman–Crippen LogP) is -0.109. The standard InChI is InChI=1S/C6H9N5/c1-8-11-3-2-5-6(7)9-4-10(5)11/h2-4,8H,7H2,1H3. The van der Waals surface area contributed by atoms with Gasteiger partial charge in [-0.3, -0.25) is 0 Å². The molecule has 2 aromatic rings. The summed E-state index contributed by atoms with van der Waals surface area (Å²) in [7, 11) is 1.83. The van der Waals surface area contributed by atoms with Crippen molar-refractivity contribution < 1.29 is 0 Å². The Hall–Kier alpha value is -1.65. The molecule has 5 heteroatoms. The van der Waals surface area contributed by atoms with Crippen LogP contribution in [0, 0.1) is 0 Å². The fourth-order valence-corrected chi connectivity index (χ4v) is 1.09. The molecule has 0 aliphatic rings. The molecule has 0 aromatic carbocycles. The van der Waals surface area contributed by atoms with E-state index in [9.17, 15) is 0 Å². The molecule has 11 heavy (non-hydrogen) atoms. The number of nitrogen functional groups attached to an aromatic ring is 1. The van der Waals surface area contributed by atoms with Gasteiger partial charge in [-0.25, -0.2) is 14.3 Å². The van der Waals surface area contributed by atoms with Crippen molar-refractivity contribution >= 4 is 11.3 Å². The van der Waals surface area contributed by atoms with E-state index in [0.29, 0.717) is 5.82 Å². The Morgan fingerprint density at radius 3 is 3.18 bits per heavy atom. The lowest BCUT2D eigenvalue weighted by Gasteiger charge is -2.00. The Labute approximate surface area is 63.4 Å². The maximum atomic E-state index is 5.57. The van der Waals surface area contributed by atoms with Crippen LogP contribution in [-0.2, 0) is 0 Å². The highest BCUT2D eigenvalue weighted by Crippen LogP contribution is 2.09. The van der Waals surface area contributed by atoms with Crippen molar-refractivity contribution in [2.45, 2.75) is 0 Å². The van der Waals surface area contributed by atoms with Gasteiger partial charge in [-0.05, 0) is 6.07 Å². The van der Waals surface area contributed by atoms with Crippen LogP contribution in [0.2, 0.25) is 0 Å². The van der Waals surface area contributed by atoms with Crippen LogP contribution in [0.1, 0.15) is 0 Å². The topological polar surface area (TPSA) is 60.3 Å². The number of rotatable bonds is 1. The van der Waals surface area contributed by atoms with E-state index >= 15 is 0 Å². The van der Waals surface area contributed by atoms with Gasteiger partial charge >= 0.3 is 0 Å². The van der Waals surface area contributed by atoms with E-state index in [1.807, 2.05) is 23.8 Å². The maximum Gasteiger partial charge on any atom is 0.151 e. The molecule has 3 N–H and O–H groups in total. The minimum atomic E-state index is 0.555. The van der Waals surface area contributed by atoms with Crippen LogP contribution in [0.3, 0.4) is 0 Å². The first-order valence-corrected chi connectivity index (χ1v) is 3.31. The van der Waals surface area contributed by atoms with Crippen LogP contribution in [0.5, 0.6) is 0 Å². The third-order valence-corrected chi connectivity index (χ3v) is 1.65. The number of nitrogens with two attached hydrogens (primary N) is 1. The lowest BCUT2D eigenvalue weighted by molar-refractivity contribution is 0.718. The first-order chi connectivity index (χ1) is 5.33. The molecule has 0 unspecified atom stereocenters. The van der Waals surface area contributed by atoms with Crippen molar-refractivity contribution in [2.24, 2.45) is 0 Å². The summed E-state index contributed by atoms with van der Waals surface area (Å²) in [5, 5.41) is 0. The summed E-state index contributed by atoms with van der Waals surface area (Å²) in [5.41, 5.74) is 9.43. The molecule has 2 aromatic heterocycles. The highest BCUT2D eigenvalue weighted by Gasteiger charge is 2.01. The lowest BCUT2D eigenvalue weighted by atomic mass is 10.5. The van der Waals surface area contributed by atoms with Crippen molar-refractivity contribution in [3.8, 4) is 0 Å². The zero-order chi connectivity index (χ0) is 7.84. The van der Waals surface area contributed by atoms with Crippen LogP contribution >= 0.6 is 0 Å². The quantitative estimate of drug-likeness (QED) is 0.598. The summed E-state index contributed by atoms with van der Waals surface area (Å²) in [5.74, 6) is 0.555. The second kappa shape index (κ2) is 1.91. The maximum absolute atomic E-state index is 5.57. The number of nitrogens with zero attached hydrogens (tertiary/aromatic N) is 3. The normalized spacial score (nSPS) is 10.6. The van der Waals surface area contributed by atoms with Gasteiger partial charge in [0.1, 0.15) is 11.8 Å². The van der Waals surface area contributed by atoms with E-state index < -0.39 is 0 Å². The highest BCUT2D eigenvalue weighted by molar-refractivity contribution is 5.64. The fourth-order valence-electron chi connectivity index (χ4n) is 1.09. The molecule has 0 aliphatic carbocycles. The van der Waals surface area contributed by atoms with Crippen LogP contribution in [-0.4, -0.2) is 21.3 Å². The zero-order valence-corrected chi connectivity index (χ0v) is 6.15. The molecular formula is C6H9N5. The van der Waals surface area contributed by atoms with E-state index in [-0.39, 0.29) is 0 Å². The summed E-state index contributed by atoms with van der Waals surface area (Å²) in [4.78, 5) is 5.73. The van der Waals surface area contributed by atoms with Crippen molar-refractivity contribution in [3.63, 3.8) is 0 Å². The molecule has 2 rings (SSSR count). The van der Waals surface area contributed by atoms with Crippen LogP contribution in [0.15, 0.2) is 18.6 Å². The molecule has 0 radical (unpaired) electrons. The molecule has 0 atom stereocenters. The molecular weight excluding hydrogens is 142 g/mol. The van der Waals surface area contributed by atoms with Gasteiger partial charge in [-0.1, -0.05) is 0 Å². The molecule has 5 nitrogen and oxygen atoms in total. The Balaban J connectivity index is 2.77. The first-order valence-electron chi connectivity index (χ1n) is 3.31. The number of hydrogen-bond acceptors (Lipinski definition) is 3.